The lowest BCUT2D eigenvalue weighted by Crippen LogP contribution is -2.50. The summed E-state index contributed by atoms with van der Waals surface area (Å²) in [7, 11) is -1.52. The van der Waals surface area contributed by atoms with Crippen LogP contribution in [0.25, 0.3) is 0 Å². The van der Waals surface area contributed by atoms with Crippen LogP contribution in [0.2, 0.25) is 0 Å². The molecule has 126 valence electrons. The zero-order valence-corrected chi connectivity index (χ0v) is 14.3. The molecule has 2 atom stereocenters. The zero-order valence-electron chi connectivity index (χ0n) is 13.5. The van der Waals surface area contributed by atoms with Gasteiger partial charge in [0.25, 0.3) is 0 Å². The fourth-order valence-corrected chi connectivity index (χ4v) is 4.88. The smallest absolute Gasteiger partial charge is 0.222 e. The van der Waals surface area contributed by atoms with Gasteiger partial charge >= 0.3 is 0 Å². The molecule has 2 aliphatic heterocycles. The molecule has 2 unspecified atom stereocenters. The molecule has 1 aliphatic carbocycles. The van der Waals surface area contributed by atoms with Gasteiger partial charge in [-0.15, -0.1) is 0 Å². The molecule has 0 aromatic rings. The first-order chi connectivity index (χ1) is 10.3. The van der Waals surface area contributed by atoms with E-state index in [9.17, 15) is 13.2 Å². The Morgan fingerprint density at radius 2 is 2.05 bits per heavy atom. The summed E-state index contributed by atoms with van der Waals surface area (Å²) in [5.74, 6) is 1.01. The topological polar surface area (TPSA) is 66.9 Å². The third-order valence-corrected chi connectivity index (χ3v) is 6.73. The van der Waals surface area contributed by atoms with Crippen molar-refractivity contribution in [1.82, 2.24) is 9.21 Å². The highest BCUT2D eigenvalue weighted by atomic mass is 32.2. The van der Waals surface area contributed by atoms with Gasteiger partial charge in [0.15, 0.2) is 0 Å². The Labute approximate surface area is 132 Å². The van der Waals surface area contributed by atoms with Crippen LogP contribution < -0.4 is 0 Å². The molecule has 3 rings (SSSR count). The molecule has 2 saturated heterocycles. The Morgan fingerprint density at radius 1 is 1.32 bits per heavy atom. The molecule has 0 spiro atoms. The first kappa shape index (κ1) is 16.2. The number of sulfonamides is 1. The Kier molecular flexibility index (Phi) is 4.24. The second-order valence-corrected chi connectivity index (χ2v) is 9.27. The first-order valence-electron chi connectivity index (χ1n) is 8.06. The number of likely N-dealkylation sites (tertiary alicyclic amines) is 1. The van der Waals surface area contributed by atoms with E-state index in [0.29, 0.717) is 38.6 Å². The van der Waals surface area contributed by atoms with Gasteiger partial charge in [-0.3, -0.25) is 4.79 Å². The van der Waals surface area contributed by atoms with Crippen molar-refractivity contribution in [3.8, 4) is 0 Å². The second-order valence-electron chi connectivity index (χ2n) is 7.29. The summed E-state index contributed by atoms with van der Waals surface area (Å²) in [6.07, 6.45) is 5.12. The molecule has 0 aromatic heterocycles. The van der Waals surface area contributed by atoms with E-state index in [1.807, 2.05) is 4.90 Å². The van der Waals surface area contributed by atoms with Gasteiger partial charge in [0.1, 0.15) is 0 Å². The minimum absolute atomic E-state index is 0.131. The highest BCUT2D eigenvalue weighted by Crippen LogP contribution is 2.44. The van der Waals surface area contributed by atoms with Gasteiger partial charge in [-0.1, -0.05) is 0 Å². The molecule has 3 fully saturated rings. The Bertz CT molecular complexity index is 546. The van der Waals surface area contributed by atoms with Gasteiger partial charge in [-0.25, -0.2) is 12.7 Å². The van der Waals surface area contributed by atoms with E-state index in [4.69, 9.17) is 4.74 Å². The van der Waals surface area contributed by atoms with Crippen LogP contribution in [0.5, 0.6) is 0 Å². The third kappa shape index (κ3) is 3.16. The molecule has 7 heteroatoms. The maximum atomic E-state index is 12.3. The predicted molar refractivity (Wildman–Crippen MR) is 82.8 cm³/mol. The van der Waals surface area contributed by atoms with Gasteiger partial charge < -0.3 is 9.64 Å². The number of amides is 1. The summed E-state index contributed by atoms with van der Waals surface area (Å²) in [5.41, 5.74) is -0.131. The van der Waals surface area contributed by atoms with Crippen molar-refractivity contribution in [3.63, 3.8) is 0 Å². The highest BCUT2D eigenvalue weighted by Gasteiger charge is 2.52. The second kappa shape index (κ2) is 5.76. The van der Waals surface area contributed by atoms with Crippen LogP contribution in [0.1, 0.15) is 25.7 Å². The fourth-order valence-electron chi connectivity index (χ4n) is 3.93. The summed E-state index contributed by atoms with van der Waals surface area (Å²) >= 11 is 0. The van der Waals surface area contributed by atoms with Crippen molar-refractivity contribution >= 4 is 15.9 Å². The molecule has 0 radical (unpaired) electrons. The van der Waals surface area contributed by atoms with Crippen LogP contribution in [0.3, 0.4) is 0 Å². The van der Waals surface area contributed by atoms with E-state index in [-0.39, 0.29) is 17.2 Å². The minimum atomic E-state index is -3.19. The number of carbonyl (C=O) groups excluding carboxylic acids is 1. The third-order valence-electron chi connectivity index (χ3n) is 5.52. The van der Waals surface area contributed by atoms with Crippen molar-refractivity contribution in [2.45, 2.75) is 25.7 Å². The standard InChI is InChI=1S/C15H26N2O4S/c1-21-11-15-5-6-16(14(18)7-12-3-4-12)8-13(15)9-17(10-15)22(2,19)20/h12-13H,3-11H2,1-2H3. The molecule has 0 N–H and O–H groups in total. The quantitative estimate of drug-likeness (QED) is 0.738. The Balaban J connectivity index is 1.71. The molecule has 22 heavy (non-hydrogen) atoms. The number of hydrogen-bond acceptors (Lipinski definition) is 4. The molecule has 1 amide bonds. The molecular weight excluding hydrogens is 304 g/mol. The van der Waals surface area contributed by atoms with Crippen molar-refractivity contribution in [2.24, 2.45) is 17.3 Å². The largest absolute Gasteiger partial charge is 0.384 e. The maximum absolute atomic E-state index is 12.3. The maximum Gasteiger partial charge on any atom is 0.222 e. The number of carbonyl (C=O) groups is 1. The highest BCUT2D eigenvalue weighted by molar-refractivity contribution is 7.88. The molecule has 0 aromatic carbocycles. The zero-order chi connectivity index (χ0) is 16.0. The molecule has 1 saturated carbocycles. The molecule has 6 nitrogen and oxygen atoms in total. The van der Waals surface area contributed by atoms with Gasteiger partial charge in [0.05, 0.1) is 12.9 Å². The van der Waals surface area contributed by atoms with Crippen molar-refractivity contribution in [1.29, 1.82) is 0 Å². The normalized spacial score (nSPS) is 33.0. The summed E-state index contributed by atoms with van der Waals surface area (Å²) in [6, 6.07) is 0. The minimum Gasteiger partial charge on any atom is -0.384 e. The van der Waals surface area contributed by atoms with E-state index in [0.717, 1.165) is 13.0 Å². The van der Waals surface area contributed by atoms with Crippen LogP contribution in [-0.4, -0.2) is 69.7 Å². The van der Waals surface area contributed by atoms with E-state index >= 15 is 0 Å². The number of methoxy groups -OCH3 is 1. The lowest BCUT2D eigenvalue weighted by atomic mass is 9.73. The monoisotopic (exact) mass is 330 g/mol. The van der Waals surface area contributed by atoms with Crippen LogP contribution >= 0.6 is 0 Å². The molecular formula is C15H26N2O4S. The number of fused-ring (bicyclic) bond motifs is 1. The number of nitrogens with zero attached hydrogens (tertiary/aromatic N) is 2. The van der Waals surface area contributed by atoms with Crippen LogP contribution in [0.4, 0.5) is 0 Å². The van der Waals surface area contributed by atoms with E-state index < -0.39 is 10.0 Å². The number of piperidine rings is 1. The first-order valence-corrected chi connectivity index (χ1v) is 9.91. The van der Waals surface area contributed by atoms with Crippen molar-refractivity contribution in [3.05, 3.63) is 0 Å². The SMILES string of the molecule is COCC12CCN(C(=O)CC3CC3)CC1CN(S(C)(=O)=O)C2. The van der Waals surface area contributed by atoms with E-state index in [2.05, 4.69) is 0 Å². The van der Waals surface area contributed by atoms with Crippen LogP contribution in [0.15, 0.2) is 0 Å². The van der Waals surface area contributed by atoms with Gasteiger partial charge in [0.2, 0.25) is 15.9 Å². The number of ether oxygens (including phenoxy) is 1. The average molecular weight is 330 g/mol. The van der Waals surface area contributed by atoms with Crippen molar-refractivity contribution < 1.29 is 17.9 Å². The Hall–Kier alpha value is -0.660. The molecule has 0 bridgehead atoms. The average Bonchev–Trinajstić information content (AvgIpc) is 3.15. The van der Waals surface area contributed by atoms with Gasteiger partial charge in [-0.2, -0.15) is 0 Å². The molecule has 2 heterocycles. The number of rotatable bonds is 5. The summed E-state index contributed by atoms with van der Waals surface area (Å²) in [5, 5.41) is 0. The summed E-state index contributed by atoms with van der Waals surface area (Å²) in [4.78, 5) is 14.3. The predicted octanol–water partition coefficient (Wildman–Crippen LogP) is 0.543. The van der Waals surface area contributed by atoms with E-state index in [1.165, 1.54) is 19.1 Å². The molecule has 3 aliphatic rings. The van der Waals surface area contributed by atoms with Gasteiger partial charge in [0, 0.05) is 45.1 Å². The van der Waals surface area contributed by atoms with Crippen LogP contribution in [-0.2, 0) is 19.6 Å². The Morgan fingerprint density at radius 3 is 2.64 bits per heavy atom. The lowest BCUT2D eigenvalue weighted by Gasteiger charge is -2.43. The fraction of sp³-hybridized carbons (Fsp3) is 0.933. The van der Waals surface area contributed by atoms with E-state index in [1.54, 1.807) is 11.4 Å². The summed E-state index contributed by atoms with van der Waals surface area (Å²) in [6.45, 7) is 2.99. The number of hydrogen-bond donors (Lipinski definition) is 0. The van der Waals surface area contributed by atoms with Gasteiger partial charge in [-0.05, 0) is 31.1 Å². The van der Waals surface area contributed by atoms with Crippen LogP contribution in [0, 0.1) is 17.3 Å². The van der Waals surface area contributed by atoms with Crippen molar-refractivity contribution in [2.75, 3.05) is 46.2 Å². The lowest BCUT2D eigenvalue weighted by molar-refractivity contribution is -0.136. The summed E-state index contributed by atoms with van der Waals surface area (Å²) < 4.78 is 30.7.